The van der Waals surface area contributed by atoms with E-state index in [9.17, 15) is 18.3 Å². The molecule has 4 aromatic carbocycles. The molecule has 0 aliphatic heterocycles. The van der Waals surface area contributed by atoms with Crippen molar-refractivity contribution in [3.63, 3.8) is 0 Å². The molecule has 0 aliphatic carbocycles. The minimum Gasteiger partial charge on any atom is -0.494 e. The monoisotopic (exact) mass is 552 g/mol. The van der Waals surface area contributed by atoms with Gasteiger partial charge in [0, 0.05) is 41.3 Å². The van der Waals surface area contributed by atoms with Crippen LogP contribution in [0.5, 0.6) is 5.88 Å². The fraction of sp³-hybridized carbons (Fsp3) is 0.0968. The Bertz CT molecular complexity index is 1800. The zero-order valence-corrected chi connectivity index (χ0v) is 22.8. The lowest BCUT2D eigenvalue weighted by molar-refractivity contribution is -0.118. The van der Waals surface area contributed by atoms with E-state index in [4.69, 9.17) is 4.99 Å². The van der Waals surface area contributed by atoms with E-state index in [0.29, 0.717) is 40.0 Å². The number of amides is 1. The summed E-state index contributed by atoms with van der Waals surface area (Å²) in [5, 5.41) is 11.6. The third-order valence-corrected chi connectivity index (χ3v) is 7.92. The Morgan fingerprint density at radius 1 is 0.925 bits per heavy atom. The van der Waals surface area contributed by atoms with Crippen molar-refractivity contribution in [2.45, 2.75) is 18.2 Å². The highest BCUT2D eigenvalue weighted by Gasteiger charge is 2.21. The number of fused-ring (bicyclic) bond motifs is 1. The molecule has 0 unspecified atom stereocenters. The van der Waals surface area contributed by atoms with Gasteiger partial charge in [0.25, 0.3) is 10.0 Å². The van der Waals surface area contributed by atoms with Crippen LogP contribution in [0, 0.1) is 0 Å². The third kappa shape index (κ3) is 5.45. The van der Waals surface area contributed by atoms with Crippen LogP contribution in [0.4, 0.5) is 17.1 Å². The summed E-state index contributed by atoms with van der Waals surface area (Å²) in [5.41, 5.74) is 4.02. The number of benzene rings is 4. The van der Waals surface area contributed by atoms with Crippen molar-refractivity contribution in [3.05, 3.63) is 114 Å². The molecule has 0 spiro atoms. The standard InChI is InChI=1S/C31H28N4O4S/c1-3-28(36)35(2)24-17-14-22(15-18-24)32-30(21-10-6-4-7-11-21)29-26-20-23(16-19-27(26)33-31(29)37)34-40(38,39)25-12-8-5-9-13-25/h4-20,33-34,37H,3H2,1-2H3. The van der Waals surface area contributed by atoms with Crippen LogP contribution in [0.3, 0.4) is 0 Å². The number of anilines is 2. The molecule has 40 heavy (non-hydrogen) atoms. The number of aromatic amines is 1. The van der Waals surface area contributed by atoms with Crippen LogP contribution >= 0.6 is 0 Å². The molecule has 0 atom stereocenters. The van der Waals surface area contributed by atoms with Crippen LogP contribution in [0.25, 0.3) is 10.9 Å². The molecule has 1 heterocycles. The van der Waals surface area contributed by atoms with E-state index < -0.39 is 10.0 Å². The molecule has 5 rings (SSSR count). The largest absolute Gasteiger partial charge is 0.494 e. The molecule has 0 saturated carbocycles. The maximum absolute atomic E-state index is 12.9. The van der Waals surface area contributed by atoms with E-state index >= 15 is 0 Å². The fourth-order valence-electron chi connectivity index (χ4n) is 4.42. The molecular formula is C31H28N4O4S. The highest BCUT2D eigenvalue weighted by molar-refractivity contribution is 7.92. The average Bonchev–Trinajstić information content (AvgIpc) is 3.30. The normalized spacial score (nSPS) is 11.9. The predicted molar refractivity (Wildman–Crippen MR) is 159 cm³/mol. The van der Waals surface area contributed by atoms with Gasteiger partial charge in [-0.15, -0.1) is 0 Å². The Kier molecular flexibility index (Phi) is 7.39. The summed E-state index contributed by atoms with van der Waals surface area (Å²) >= 11 is 0. The molecule has 9 heteroatoms. The van der Waals surface area contributed by atoms with Gasteiger partial charge in [-0.25, -0.2) is 13.4 Å². The Balaban J connectivity index is 1.60. The molecule has 3 N–H and O–H groups in total. The van der Waals surface area contributed by atoms with E-state index in [-0.39, 0.29) is 16.7 Å². The maximum atomic E-state index is 12.9. The first kappa shape index (κ1) is 26.7. The van der Waals surface area contributed by atoms with E-state index in [1.807, 2.05) is 61.5 Å². The van der Waals surface area contributed by atoms with Crippen LogP contribution in [-0.2, 0) is 14.8 Å². The van der Waals surface area contributed by atoms with Gasteiger partial charge in [-0.05, 0) is 54.6 Å². The first-order valence-corrected chi connectivity index (χ1v) is 14.2. The minimum atomic E-state index is -3.81. The van der Waals surface area contributed by atoms with Gasteiger partial charge in [0.2, 0.25) is 5.91 Å². The number of carbonyl (C=O) groups excluding carboxylic acids is 1. The number of nitrogens with one attached hydrogen (secondary N) is 2. The van der Waals surface area contributed by atoms with Gasteiger partial charge in [0.05, 0.1) is 21.9 Å². The minimum absolute atomic E-state index is 0.00336. The summed E-state index contributed by atoms with van der Waals surface area (Å²) in [6.07, 6.45) is 0.401. The summed E-state index contributed by atoms with van der Waals surface area (Å²) in [5.74, 6) is -0.0887. The van der Waals surface area contributed by atoms with Gasteiger partial charge in [-0.3, -0.25) is 9.52 Å². The van der Waals surface area contributed by atoms with Crippen molar-refractivity contribution in [1.29, 1.82) is 0 Å². The van der Waals surface area contributed by atoms with Gasteiger partial charge in [-0.1, -0.05) is 55.5 Å². The van der Waals surface area contributed by atoms with Crippen molar-refractivity contribution < 1.29 is 18.3 Å². The van der Waals surface area contributed by atoms with Crippen LogP contribution in [0.1, 0.15) is 24.5 Å². The van der Waals surface area contributed by atoms with Crippen molar-refractivity contribution in [1.82, 2.24) is 4.98 Å². The van der Waals surface area contributed by atoms with E-state index in [1.54, 1.807) is 48.3 Å². The molecule has 8 nitrogen and oxygen atoms in total. The molecule has 202 valence electrons. The van der Waals surface area contributed by atoms with Crippen molar-refractivity contribution in [2.24, 2.45) is 4.99 Å². The van der Waals surface area contributed by atoms with Crippen molar-refractivity contribution in [3.8, 4) is 5.88 Å². The van der Waals surface area contributed by atoms with Crippen LogP contribution in [-0.4, -0.2) is 37.2 Å². The van der Waals surface area contributed by atoms with Gasteiger partial charge in [0.1, 0.15) is 0 Å². The maximum Gasteiger partial charge on any atom is 0.261 e. The average molecular weight is 553 g/mol. The quantitative estimate of drug-likeness (QED) is 0.198. The van der Waals surface area contributed by atoms with E-state index in [1.165, 1.54) is 12.1 Å². The fourth-order valence-corrected chi connectivity index (χ4v) is 5.49. The number of hydrogen-bond acceptors (Lipinski definition) is 5. The number of aliphatic imine (C=N–C) groups is 1. The van der Waals surface area contributed by atoms with Gasteiger partial charge < -0.3 is 15.0 Å². The number of nitrogens with zero attached hydrogens (tertiary/aromatic N) is 2. The Morgan fingerprint density at radius 2 is 1.57 bits per heavy atom. The lowest BCUT2D eigenvalue weighted by atomic mass is 10.0. The second kappa shape index (κ2) is 11.1. The zero-order chi connectivity index (χ0) is 28.3. The smallest absolute Gasteiger partial charge is 0.261 e. The first-order valence-electron chi connectivity index (χ1n) is 12.7. The highest BCUT2D eigenvalue weighted by atomic mass is 32.2. The molecular weight excluding hydrogens is 524 g/mol. The summed E-state index contributed by atoms with van der Waals surface area (Å²) in [6.45, 7) is 1.81. The SMILES string of the molecule is CCC(=O)N(C)c1ccc(N=C(c2ccccc2)c2c(O)[nH]c3ccc(NS(=O)(=O)c4ccccc4)cc23)cc1. The molecule has 1 amide bonds. The van der Waals surface area contributed by atoms with Gasteiger partial charge in [0.15, 0.2) is 5.88 Å². The van der Waals surface area contributed by atoms with E-state index in [0.717, 1.165) is 11.3 Å². The van der Waals surface area contributed by atoms with Crippen molar-refractivity contribution >= 4 is 49.6 Å². The molecule has 0 fully saturated rings. The molecule has 5 aromatic rings. The van der Waals surface area contributed by atoms with Crippen LogP contribution in [0.15, 0.2) is 113 Å². The zero-order valence-electron chi connectivity index (χ0n) is 22.0. The topological polar surface area (TPSA) is 115 Å². The van der Waals surface area contributed by atoms with Crippen LogP contribution < -0.4 is 9.62 Å². The van der Waals surface area contributed by atoms with E-state index in [2.05, 4.69) is 9.71 Å². The number of sulfonamides is 1. The summed E-state index contributed by atoms with van der Waals surface area (Å²) in [7, 11) is -2.08. The number of aromatic hydroxyl groups is 1. The Morgan fingerprint density at radius 3 is 2.23 bits per heavy atom. The number of aromatic nitrogens is 1. The molecule has 0 saturated heterocycles. The number of hydrogen-bond donors (Lipinski definition) is 3. The van der Waals surface area contributed by atoms with Gasteiger partial charge in [-0.2, -0.15) is 0 Å². The number of carbonyl (C=O) groups is 1. The van der Waals surface area contributed by atoms with Crippen molar-refractivity contribution in [2.75, 3.05) is 16.7 Å². The number of H-pyrrole nitrogens is 1. The summed E-state index contributed by atoms with van der Waals surface area (Å²) < 4.78 is 28.5. The molecule has 0 radical (unpaired) electrons. The lowest BCUT2D eigenvalue weighted by Gasteiger charge is -2.16. The molecule has 1 aromatic heterocycles. The first-order chi connectivity index (χ1) is 19.3. The molecule has 0 bridgehead atoms. The second-order valence-electron chi connectivity index (χ2n) is 9.18. The molecule has 0 aliphatic rings. The summed E-state index contributed by atoms with van der Waals surface area (Å²) in [4.78, 5) is 21.7. The summed E-state index contributed by atoms with van der Waals surface area (Å²) in [6, 6.07) is 29.8. The lowest BCUT2D eigenvalue weighted by Crippen LogP contribution is -2.24. The number of rotatable bonds is 8. The van der Waals surface area contributed by atoms with Crippen LogP contribution in [0.2, 0.25) is 0 Å². The Labute approximate surface area is 232 Å². The Hall–Kier alpha value is -4.89. The predicted octanol–water partition coefficient (Wildman–Crippen LogP) is 6.22. The second-order valence-corrected chi connectivity index (χ2v) is 10.9. The third-order valence-electron chi connectivity index (χ3n) is 6.52. The van der Waals surface area contributed by atoms with Gasteiger partial charge >= 0.3 is 0 Å². The highest BCUT2D eigenvalue weighted by Crippen LogP contribution is 2.34.